The summed E-state index contributed by atoms with van der Waals surface area (Å²) in [7, 11) is 0.500. The van der Waals surface area contributed by atoms with Crippen molar-refractivity contribution in [3.8, 4) is 11.4 Å². The molecule has 29 heavy (non-hydrogen) atoms. The standard InChI is InChI=1S/C19H20N6O2.CH3F/c20-17(24-21)10-3-13-1-6-15(7-2-13)25-12-11-22-18(19(25)27)23-14-4-8-16(26)9-5-14;1-2/h1-2,4-9,11-12,26H,3,10,21H2,(H2,20,24)(H,22,23);1H3. The average molecular weight is 398 g/mol. The molecule has 0 saturated carbocycles. The molecular formula is C20H23FN6O2. The normalized spacial score (nSPS) is 10.8. The van der Waals surface area contributed by atoms with Crippen molar-refractivity contribution >= 4 is 17.3 Å². The lowest BCUT2D eigenvalue weighted by Crippen LogP contribution is -2.21. The van der Waals surface area contributed by atoms with E-state index in [1.54, 1.807) is 24.5 Å². The Morgan fingerprint density at radius 1 is 1.17 bits per heavy atom. The minimum atomic E-state index is -0.280. The predicted octanol–water partition coefficient (Wildman–Crippen LogP) is 2.43. The highest BCUT2D eigenvalue weighted by Crippen LogP contribution is 2.16. The number of hydrogen-bond donors (Lipinski definition) is 4. The molecule has 0 aliphatic carbocycles. The Kier molecular flexibility index (Phi) is 7.72. The Balaban J connectivity index is 0.00000145. The first-order valence-corrected chi connectivity index (χ1v) is 8.70. The smallest absolute Gasteiger partial charge is 0.298 e. The van der Waals surface area contributed by atoms with Gasteiger partial charge in [0.05, 0.1) is 7.18 Å². The monoisotopic (exact) mass is 398 g/mol. The number of aryl methyl sites for hydroxylation is 1. The summed E-state index contributed by atoms with van der Waals surface area (Å²) in [5.41, 5.74) is 7.77. The number of aromatic nitrogens is 2. The zero-order chi connectivity index (χ0) is 21.2. The molecule has 0 radical (unpaired) electrons. The van der Waals surface area contributed by atoms with E-state index in [1.807, 2.05) is 24.3 Å². The topological polar surface area (TPSA) is 132 Å². The number of benzene rings is 2. The molecule has 1 aromatic heterocycles. The summed E-state index contributed by atoms with van der Waals surface area (Å²) >= 11 is 0. The van der Waals surface area contributed by atoms with Crippen LogP contribution in [0.4, 0.5) is 15.9 Å². The van der Waals surface area contributed by atoms with Crippen LogP contribution < -0.4 is 22.5 Å². The van der Waals surface area contributed by atoms with E-state index in [2.05, 4.69) is 15.4 Å². The van der Waals surface area contributed by atoms with Crippen LogP contribution in [0, 0.1) is 0 Å². The van der Waals surface area contributed by atoms with Gasteiger partial charge in [-0.15, -0.1) is 0 Å². The van der Waals surface area contributed by atoms with Crippen LogP contribution in [0.5, 0.6) is 5.75 Å². The molecule has 6 N–H and O–H groups in total. The van der Waals surface area contributed by atoms with Gasteiger partial charge >= 0.3 is 0 Å². The van der Waals surface area contributed by atoms with Gasteiger partial charge in [0, 0.05) is 30.2 Å². The highest BCUT2D eigenvalue weighted by molar-refractivity contribution is 5.80. The van der Waals surface area contributed by atoms with E-state index in [0.29, 0.717) is 31.5 Å². The molecule has 0 saturated heterocycles. The molecule has 2 aromatic carbocycles. The van der Waals surface area contributed by atoms with Crippen molar-refractivity contribution in [2.75, 3.05) is 12.5 Å². The van der Waals surface area contributed by atoms with Gasteiger partial charge in [0.25, 0.3) is 5.56 Å². The summed E-state index contributed by atoms with van der Waals surface area (Å²) in [5.74, 6) is 5.87. The zero-order valence-electron chi connectivity index (χ0n) is 15.9. The van der Waals surface area contributed by atoms with Crippen LogP contribution in [0.2, 0.25) is 0 Å². The SMILES string of the molecule is CF.N/N=C(\N)CCc1ccc(-n2ccnc(Nc3ccc(O)cc3)c2=O)cc1. The van der Waals surface area contributed by atoms with Gasteiger partial charge in [-0.05, 0) is 48.4 Å². The molecule has 0 spiro atoms. The van der Waals surface area contributed by atoms with Crippen LogP contribution in [-0.4, -0.2) is 27.7 Å². The third-order valence-electron chi connectivity index (χ3n) is 4.02. The first-order chi connectivity index (χ1) is 14.1. The fraction of sp³-hybridized carbons (Fsp3) is 0.150. The van der Waals surface area contributed by atoms with Gasteiger partial charge in [0.15, 0.2) is 5.82 Å². The fourth-order valence-corrected chi connectivity index (χ4v) is 2.54. The minimum absolute atomic E-state index is 0.151. The average Bonchev–Trinajstić information content (AvgIpc) is 2.77. The summed E-state index contributed by atoms with van der Waals surface area (Å²) in [6.07, 6.45) is 4.45. The zero-order valence-corrected chi connectivity index (χ0v) is 15.9. The predicted molar refractivity (Wildman–Crippen MR) is 112 cm³/mol. The summed E-state index contributed by atoms with van der Waals surface area (Å²) in [6, 6.07) is 14.0. The van der Waals surface area contributed by atoms with Gasteiger partial charge in [0.1, 0.15) is 11.6 Å². The highest BCUT2D eigenvalue weighted by Gasteiger charge is 2.07. The Hall–Kier alpha value is -3.88. The lowest BCUT2D eigenvalue weighted by molar-refractivity contribution is 0.475. The van der Waals surface area contributed by atoms with E-state index < -0.39 is 0 Å². The van der Waals surface area contributed by atoms with Crippen LogP contribution >= 0.6 is 0 Å². The number of nitrogens with one attached hydrogen (secondary N) is 1. The van der Waals surface area contributed by atoms with Crippen molar-refractivity contribution in [1.82, 2.24) is 9.55 Å². The van der Waals surface area contributed by atoms with Crippen LogP contribution in [0.25, 0.3) is 5.69 Å². The molecule has 0 unspecified atom stereocenters. The number of halogens is 1. The van der Waals surface area contributed by atoms with Gasteiger partial charge in [-0.1, -0.05) is 12.1 Å². The van der Waals surface area contributed by atoms with Crippen molar-refractivity contribution in [2.24, 2.45) is 16.7 Å². The van der Waals surface area contributed by atoms with Crippen molar-refractivity contribution in [1.29, 1.82) is 0 Å². The number of hydrazone groups is 1. The summed E-state index contributed by atoms with van der Waals surface area (Å²) < 4.78 is 11.0. The summed E-state index contributed by atoms with van der Waals surface area (Å²) in [4.78, 5) is 16.8. The molecule has 1 heterocycles. The number of rotatable bonds is 6. The van der Waals surface area contributed by atoms with E-state index in [1.165, 1.54) is 16.7 Å². The minimum Gasteiger partial charge on any atom is -0.508 e. The molecule has 0 amide bonds. The number of aromatic hydroxyl groups is 1. The summed E-state index contributed by atoms with van der Waals surface area (Å²) in [6.45, 7) is 0. The fourth-order valence-electron chi connectivity index (χ4n) is 2.54. The van der Waals surface area contributed by atoms with Crippen molar-refractivity contribution in [3.05, 3.63) is 76.8 Å². The van der Waals surface area contributed by atoms with Crippen molar-refractivity contribution < 1.29 is 9.50 Å². The van der Waals surface area contributed by atoms with Gasteiger partial charge in [-0.2, -0.15) is 5.10 Å². The summed E-state index contributed by atoms with van der Waals surface area (Å²) in [5, 5.41) is 15.8. The maximum atomic E-state index is 12.7. The third kappa shape index (κ3) is 5.80. The van der Waals surface area contributed by atoms with E-state index >= 15 is 0 Å². The van der Waals surface area contributed by atoms with E-state index in [4.69, 9.17) is 11.6 Å². The lowest BCUT2D eigenvalue weighted by atomic mass is 10.1. The Morgan fingerprint density at radius 3 is 2.45 bits per heavy atom. The molecule has 3 rings (SSSR count). The molecule has 0 bridgehead atoms. The molecular weight excluding hydrogens is 375 g/mol. The molecule has 8 nitrogen and oxygen atoms in total. The molecule has 0 atom stereocenters. The number of phenolic OH excluding ortho intramolecular Hbond substituents is 1. The number of anilines is 2. The van der Waals surface area contributed by atoms with Gasteiger partial charge in [-0.25, -0.2) is 4.98 Å². The first-order valence-electron chi connectivity index (χ1n) is 8.70. The van der Waals surface area contributed by atoms with Crippen molar-refractivity contribution in [2.45, 2.75) is 12.8 Å². The van der Waals surface area contributed by atoms with Crippen molar-refractivity contribution in [3.63, 3.8) is 0 Å². The second-order valence-corrected chi connectivity index (χ2v) is 5.91. The Morgan fingerprint density at radius 2 is 1.83 bits per heavy atom. The molecule has 0 aliphatic heterocycles. The Labute approximate surface area is 167 Å². The van der Waals surface area contributed by atoms with Gasteiger partial charge in [-0.3, -0.25) is 13.8 Å². The van der Waals surface area contributed by atoms with Crippen LogP contribution in [0.3, 0.4) is 0 Å². The second-order valence-electron chi connectivity index (χ2n) is 5.91. The quantitative estimate of drug-likeness (QED) is 0.166. The number of nitrogens with two attached hydrogens (primary N) is 2. The number of hydrogen-bond acceptors (Lipinski definition) is 6. The lowest BCUT2D eigenvalue weighted by Gasteiger charge is -2.10. The van der Waals surface area contributed by atoms with Crippen LogP contribution in [0.15, 0.2) is 70.8 Å². The molecule has 0 fully saturated rings. The molecule has 9 heteroatoms. The Bertz CT molecular complexity index is 1000. The number of nitrogens with zero attached hydrogens (tertiary/aromatic N) is 3. The maximum absolute atomic E-state index is 12.7. The highest BCUT2D eigenvalue weighted by atomic mass is 19.1. The first kappa shape index (κ1) is 21.4. The van der Waals surface area contributed by atoms with E-state index in [0.717, 1.165) is 11.3 Å². The number of amidine groups is 1. The molecule has 0 aliphatic rings. The van der Waals surface area contributed by atoms with Gasteiger partial charge < -0.3 is 22.0 Å². The van der Waals surface area contributed by atoms with Crippen LogP contribution in [0.1, 0.15) is 12.0 Å². The second kappa shape index (κ2) is 10.5. The number of phenols is 1. The number of alkyl halides is 1. The van der Waals surface area contributed by atoms with E-state index in [-0.39, 0.29) is 17.1 Å². The molecule has 3 aromatic rings. The molecule has 152 valence electrons. The van der Waals surface area contributed by atoms with Crippen LogP contribution in [-0.2, 0) is 6.42 Å². The maximum Gasteiger partial charge on any atom is 0.298 e. The van der Waals surface area contributed by atoms with Gasteiger partial charge in [0.2, 0.25) is 0 Å². The van der Waals surface area contributed by atoms with E-state index in [9.17, 15) is 14.3 Å². The largest absolute Gasteiger partial charge is 0.508 e. The third-order valence-corrected chi connectivity index (χ3v) is 4.02.